The van der Waals surface area contributed by atoms with Crippen LogP contribution in [0.3, 0.4) is 0 Å². The van der Waals surface area contributed by atoms with Gasteiger partial charge in [-0.25, -0.2) is 4.98 Å². The predicted molar refractivity (Wildman–Crippen MR) is 72.5 cm³/mol. The van der Waals surface area contributed by atoms with E-state index in [1.54, 1.807) is 12.1 Å². The summed E-state index contributed by atoms with van der Waals surface area (Å²) in [5.74, 6) is -0.144. The maximum atomic E-state index is 12.0. The van der Waals surface area contributed by atoms with Gasteiger partial charge in [-0.1, -0.05) is 13.8 Å². The highest BCUT2D eigenvalue weighted by molar-refractivity contribution is 5.92. The Kier molecular flexibility index (Phi) is 3.84. The van der Waals surface area contributed by atoms with Gasteiger partial charge in [-0.15, -0.1) is 0 Å². The molecule has 0 unspecified atom stereocenters. The fourth-order valence-electron chi connectivity index (χ4n) is 2.40. The van der Waals surface area contributed by atoms with Crippen LogP contribution < -0.4 is 5.32 Å². The Morgan fingerprint density at radius 2 is 2.11 bits per heavy atom. The summed E-state index contributed by atoms with van der Waals surface area (Å²) in [5.41, 5.74) is 1.24. The molecule has 1 amide bonds. The van der Waals surface area contributed by atoms with Gasteiger partial charge in [0, 0.05) is 12.2 Å². The third-order valence-corrected chi connectivity index (χ3v) is 3.80. The number of pyridine rings is 1. The van der Waals surface area contributed by atoms with E-state index in [0.29, 0.717) is 16.7 Å². The van der Waals surface area contributed by atoms with Gasteiger partial charge in [-0.05, 0) is 43.2 Å². The van der Waals surface area contributed by atoms with Crippen LogP contribution in [0.25, 0.3) is 0 Å². The average molecular weight is 257 g/mol. The number of aromatic nitrogens is 1. The first-order valence-corrected chi connectivity index (χ1v) is 6.67. The molecule has 1 N–H and O–H groups in total. The van der Waals surface area contributed by atoms with Gasteiger partial charge in [0.25, 0.3) is 5.91 Å². The summed E-state index contributed by atoms with van der Waals surface area (Å²) >= 11 is 0. The lowest BCUT2D eigenvalue weighted by Crippen LogP contribution is -2.39. The topological polar surface area (TPSA) is 65.8 Å². The zero-order valence-electron chi connectivity index (χ0n) is 11.4. The first-order chi connectivity index (χ1) is 9.00. The van der Waals surface area contributed by atoms with Crippen molar-refractivity contribution in [3.8, 4) is 6.07 Å². The molecule has 1 aromatic heterocycles. The number of carbonyl (C=O) groups excluding carboxylic acids is 1. The zero-order chi connectivity index (χ0) is 13.9. The van der Waals surface area contributed by atoms with Crippen molar-refractivity contribution in [1.29, 1.82) is 5.26 Å². The Hall–Kier alpha value is -1.89. The van der Waals surface area contributed by atoms with Crippen LogP contribution in [-0.4, -0.2) is 16.9 Å². The van der Waals surface area contributed by atoms with Crippen molar-refractivity contribution >= 4 is 5.91 Å². The summed E-state index contributed by atoms with van der Waals surface area (Å²) in [4.78, 5) is 16.0. The van der Waals surface area contributed by atoms with Gasteiger partial charge in [-0.2, -0.15) is 5.26 Å². The van der Waals surface area contributed by atoms with Crippen molar-refractivity contribution in [2.75, 3.05) is 0 Å². The Morgan fingerprint density at radius 1 is 1.42 bits per heavy atom. The van der Waals surface area contributed by atoms with E-state index in [1.165, 1.54) is 6.20 Å². The Bertz CT molecular complexity index is 489. The number of rotatable bonds is 2. The van der Waals surface area contributed by atoms with Crippen LogP contribution in [0.2, 0.25) is 0 Å². The molecule has 0 aliphatic heterocycles. The van der Waals surface area contributed by atoms with Crippen molar-refractivity contribution in [2.24, 2.45) is 5.41 Å². The average Bonchev–Trinajstić information content (AvgIpc) is 2.41. The number of amides is 1. The molecule has 0 atom stereocenters. The highest BCUT2D eigenvalue weighted by atomic mass is 16.1. The van der Waals surface area contributed by atoms with Crippen LogP contribution in [0.4, 0.5) is 0 Å². The molecule has 0 bridgehead atoms. The molecule has 1 saturated carbocycles. The standard InChI is InChI=1S/C15H19N3O/c1-15(2)7-5-12(6-8-15)18-14(19)13-4-3-11(9-16)10-17-13/h3-4,10,12H,5-8H2,1-2H3,(H,18,19). The number of nitriles is 1. The number of carbonyl (C=O) groups is 1. The molecule has 0 saturated heterocycles. The minimum atomic E-state index is -0.144. The lowest BCUT2D eigenvalue weighted by Gasteiger charge is -2.34. The number of hydrogen-bond donors (Lipinski definition) is 1. The van der Waals surface area contributed by atoms with E-state index in [4.69, 9.17) is 5.26 Å². The summed E-state index contributed by atoms with van der Waals surface area (Å²) in [6, 6.07) is 5.45. The fraction of sp³-hybridized carbons (Fsp3) is 0.533. The molecule has 1 fully saturated rings. The van der Waals surface area contributed by atoms with Crippen LogP contribution >= 0.6 is 0 Å². The van der Waals surface area contributed by atoms with E-state index in [-0.39, 0.29) is 11.9 Å². The molecule has 2 rings (SSSR count). The Balaban J connectivity index is 1.92. The van der Waals surface area contributed by atoms with E-state index in [2.05, 4.69) is 24.1 Å². The first kappa shape index (κ1) is 13.5. The normalized spacial score (nSPS) is 18.6. The maximum absolute atomic E-state index is 12.0. The summed E-state index contributed by atoms with van der Waals surface area (Å²) in [7, 11) is 0. The summed E-state index contributed by atoms with van der Waals surface area (Å²) < 4.78 is 0. The summed E-state index contributed by atoms with van der Waals surface area (Å²) in [6.45, 7) is 4.54. The lowest BCUT2D eigenvalue weighted by molar-refractivity contribution is 0.0904. The molecule has 19 heavy (non-hydrogen) atoms. The molecule has 1 aliphatic carbocycles. The van der Waals surface area contributed by atoms with Gasteiger partial charge in [0.05, 0.1) is 5.56 Å². The predicted octanol–water partition coefficient (Wildman–Crippen LogP) is 2.65. The molecule has 1 aliphatic rings. The summed E-state index contributed by atoms with van der Waals surface area (Å²) in [5, 5.41) is 11.7. The molecule has 4 heteroatoms. The van der Waals surface area contributed by atoms with Crippen molar-refractivity contribution in [2.45, 2.75) is 45.6 Å². The van der Waals surface area contributed by atoms with Crippen molar-refractivity contribution in [3.63, 3.8) is 0 Å². The molecule has 0 spiro atoms. The van der Waals surface area contributed by atoms with Gasteiger partial charge >= 0.3 is 0 Å². The van der Waals surface area contributed by atoms with Gasteiger partial charge in [-0.3, -0.25) is 4.79 Å². The monoisotopic (exact) mass is 257 g/mol. The van der Waals surface area contributed by atoms with E-state index < -0.39 is 0 Å². The van der Waals surface area contributed by atoms with Crippen LogP contribution in [0.1, 0.15) is 55.6 Å². The molecule has 0 radical (unpaired) electrons. The highest BCUT2D eigenvalue weighted by Crippen LogP contribution is 2.34. The van der Waals surface area contributed by atoms with Gasteiger partial charge in [0.15, 0.2) is 0 Å². The SMILES string of the molecule is CC1(C)CCC(NC(=O)c2ccc(C#N)cn2)CC1. The lowest BCUT2D eigenvalue weighted by atomic mass is 9.75. The van der Waals surface area contributed by atoms with Gasteiger partial charge < -0.3 is 5.32 Å². The largest absolute Gasteiger partial charge is 0.348 e. The third kappa shape index (κ3) is 3.54. The molecule has 0 aromatic carbocycles. The smallest absolute Gasteiger partial charge is 0.270 e. The molecule has 1 heterocycles. The van der Waals surface area contributed by atoms with Crippen molar-refractivity contribution < 1.29 is 4.79 Å². The Morgan fingerprint density at radius 3 is 2.63 bits per heavy atom. The Labute approximate surface area is 113 Å². The molecule has 100 valence electrons. The minimum Gasteiger partial charge on any atom is -0.348 e. The van der Waals surface area contributed by atoms with E-state index in [0.717, 1.165) is 25.7 Å². The second-order valence-electron chi connectivity index (χ2n) is 5.96. The van der Waals surface area contributed by atoms with Crippen LogP contribution in [0, 0.1) is 16.7 Å². The van der Waals surface area contributed by atoms with Crippen molar-refractivity contribution in [3.05, 3.63) is 29.6 Å². The molecular weight excluding hydrogens is 238 g/mol. The number of hydrogen-bond acceptors (Lipinski definition) is 3. The molecule has 1 aromatic rings. The maximum Gasteiger partial charge on any atom is 0.270 e. The van der Waals surface area contributed by atoms with Gasteiger partial charge in [0.1, 0.15) is 11.8 Å². The van der Waals surface area contributed by atoms with E-state index in [9.17, 15) is 4.79 Å². The second-order valence-corrected chi connectivity index (χ2v) is 5.96. The number of nitrogens with zero attached hydrogens (tertiary/aromatic N) is 2. The van der Waals surface area contributed by atoms with Crippen LogP contribution in [0.5, 0.6) is 0 Å². The van der Waals surface area contributed by atoms with Crippen LogP contribution in [0.15, 0.2) is 18.3 Å². The quantitative estimate of drug-likeness (QED) is 0.885. The van der Waals surface area contributed by atoms with E-state index >= 15 is 0 Å². The second kappa shape index (κ2) is 5.40. The molecular formula is C15H19N3O. The molecule has 4 nitrogen and oxygen atoms in total. The zero-order valence-corrected chi connectivity index (χ0v) is 11.4. The number of nitrogens with one attached hydrogen (secondary N) is 1. The third-order valence-electron chi connectivity index (χ3n) is 3.80. The van der Waals surface area contributed by atoms with E-state index in [1.807, 2.05) is 6.07 Å². The fourth-order valence-corrected chi connectivity index (χ4v) is 2.40. The highest BCUT2D eigenvalue weighted by Gasteiger charge is 2.27. The first-order valence-electron chi connectivity index (χ1n) is 6.67. The van der Waals surface area contributed by atoms with Crippen molar-refractivity contribution in [1.82, 2.24) is 10.3 Å². The van der Waals surface area contributed by atoms with Gasteiger partial charge in [0.2, 0.25) is 0 Å². The summed E-state index contributed by atoms with van der Waals surface area (Å²) in [6.07, 6.45) is 5.75. The minimum absolute atomic E-state index is 0.144. The van der Waals surface area contributed by atoms with Crippen LogP contribution in [-0.2, 0) is 0 Å².